The summed E-state index contributed by atoms with van der Waals surface area (Å²) in [6.07, 6.45) is 1.86. The van der Waals surface area contributed by atoms with Gasteiger partial charge in [-0.15, -0.1) is 0 Å². The summed E-state index contributed by atoms with van der Waals surface area (Å²) in [6.45, 7) is 17.6. The van der Waals surface area contributed by atoms with Gasteiger partial charge in [0.15, 0.2) is 5.76 Å². The number of benzene rings is 1. The molecule has 2 rings (SSSR count). The first-order valence-corrected chi connectivity index (χ1v) is 12.6. The van der Waals surface area contributed by atoms with Gasteiger partial charge in [-0.2, -0.15) is 0 Å². The second-order valence-electron chi connectivity index (χ2n) is 10.7. The van der Waals surface area contributed by atoms with Gasteiger partial charge < -0.3 is 18.9 Å². The van der Waals surface area contributed by atoms with E-state index < -0.39 is 11.9 Å². The van der Waals surface area contributed by atoms with Crippen LogP contribution in [0.2, 0.25) is 0 Å². The van der Waals surface area contributed by atoms with Crippen LogP contribution in [0.5, 0.6) is 11.5 Å². The Labute approximate surface area is 220 Å². The number of hydrogen-bond donors (Lipinski definition) is 0. The molecule has 0 aromatic heterocycles. The molecule has 0 fully saturated rings. The van der Waals surface area contributed by atoms with Crippen LogP contribution in [0.4, 0.5) is 0 Å². The summed E-state index contributed by atoms with van der Waals surface area (Å²) < 4.78 is 23.0. The summed E-state index contributed by atoms with van der Waals surface area (Å²) in [5.74, 6) is 0.309. The van der Waals surface area contributed by atoms with Crippen LogP contribution in [0.3, 0.4) is 0 Å². The van der Waals surface area contributed by atoms with Gasteiger partial charge in [0, 0.05) is 0 Å². The Morgan fingerprint density at radius 1 is 1.14 bits per heavy atom. The molecule has 0 saturated carbocycles. The second kappa shape index (κ2) is 12.5. The first kappa shape index (κ1) is 29.5. The van der Waals surface area contributed by atoms with Gasteiger partial charge in [-0.05, 0) is 66.4 Å². The van der Waals surface area contributed by atoms with E-state index in [9.17, 15) is 9.59 Å². The fourth-order valence-electron chi connectivity index (χ4n) is 3.65. The zero-order valence-electron chi connectivity index (χ0n) is 22.8. The third-order valence-corrected chi connectivity index (χ3v) is 6.41. The van der Waals surface area contributed by atoms with E-state index in [4.69, 9.17) is 30.5 Å². The second-order valence-corrected chi connectivity index (χ2v) is 11.1. The first-order chi connectivity index (χ1) is 16.7. The van der Waals surface area contributed by atoms with Crippen LogP contribution in [0.15, 0.2) is 46.2 Å². The molecule has 36 heavy (non-hydrogen) atoms. The summed E-state index contributed by atoms with van der Waals surface area (Å²) in [4.78, 5) is 25.9. The minimum atomic E-state index is -0.582. The number of halogens is 1. The lowest BCUT2D eigenvalue weighted by Gasteiger charge is -2.22. The lowest BCUT2D eigenvalue weighted by Crippen LogP contribution is -2.19. The van der Waals surface area contributed by atoms with Gasteiger partial charge >= 0.3 is 11.9 Å². The van der Waals surface area contributed by atoms with Crippen molar-refractivity contribution in [2.24, 2.45) is 11.3 Å². The van der Waals surface area contributed by atoms with Crippen molar-refractivity contribution in [2.45, 2.75) is 67.7 Å². The number of fused-ring (bicyclic) bond motifs is 1. The van der Waals surface area contributed by atoms with Gasteiger partial charge in [-0.3, -0.25) is 4.79 Å². The highest BCUT2D eigenvalue weighted by atomic mass is 35.5. The van der Waals surface area contributed by atoms with Crippen LogP contribution in [0, 0.1) is 11.3 Å². The Hall–Kier alpha value is -2.73. The molecule has 0 aliphatic carbocycles. The molecule has 198 valence electrons. The molecule has 1 aliphatic rings. The van der Waals surface area contributed by atoms with Crippen LogP contribution in [-0.4, -0.2) is 32.3 Å². The minimum Gasteiger partial charge on any atom is -0.495 e. The van der Waals surface area contributed by atoms with Crippen LogP contribution < -0.4 is 9.47 Å². The highest BCUT2D eigenvalue weighted by molar-refractivity contribution is 6.32. The molecule has 0 unspecified atom stereocenters. The summed E-state index contributed by atoms with van der Waals surface area (Å²) in [5, 5.41) is 0.255. The van der Waals surface area contributed by atoms with Gasteiger partial charge in [-0.25, -0.2) is 4.79 Å². The number of hydrogen-bond acceptors (Lipinski definition) is 6. The number of esters is 2. The maximum absolute atomic E-state index is 13.2. The molecular weight excluding hydrogens is 480 g/mol. The third kappa shape index (κ3) is 7.89. The molecule has 0 atom stereocenters. The molecule has 0 saturated heterocycles. The van der Waals surface area contributed by atoms with E-state index in [-0.39, 0.29) is 47.2 Å². The molecule has 6 nitrogen and oxygen atoms in total. The van der Waals surface area contributed by atoms with E-state index in [2.05, 4.69) is 20.4 Å². The number of ether oxygens (including phenoxy) is 4. The van der Waals surface area contributed by atoms with Crippen LogP contribution in [0.25, 0.3) is 0 Å². The van der Waals surface area contributed by atoms with E-state index in [1.807, 2.05) is 33.8 Å². The predicted octanol–water partition coefficient (Wildman–Crippen LogP) is 7.16. The van der Waals surface area contributed by atoms with E-state index in [1.165, 1.54) is 7.11 Å². The van der Waals surface area contributed by atoms with Gasteiger partial charge in [0.2, 0.25) is 0 Å². The van der Waals surface area contributed by atoms with Crippen molar-refractivity contribution in [1.29, 1.82) is 0 Å². The van der Waals surface area contributed by atoms with Crippen molar-refractivity contribution in [3.63, 3.8) is 0 Å². The number of carbonyl (C=O) groups excluding carboxylic acids is 2. The van der Waals surface area contributed by atoms with Crippen molar-refractivity contribution in [2.75, 3.05) is 20.3 Å². The smallest absolute Gasteiger partial charge is 0.346 e. The fourth-order valence-corrected chi connectivity index (χ4v) is 3.89. The Kier molecular flexibility index (Phi) is 10.2. The average molecular weight is 519 g/mol. The lowest BCUT2D eigenvalue weighted by atomic mass is 9.92. The number of aryl methyl sites for hydroxylation is 1. The van der Waals surface area contributed by atoms with Gasteiger partial charge in [0.1, 0.15) is 30.3 Å². The number of cyclic esters (lactones) is 1. The number of allylic oxidation sites excluding steroid dienone is 2. The van der Waals surface area contributed by atoms with E-state index in [0.717, 1.165) is 24.0 Å². The molecule has 0 spiro atoms. The molecule has 0 radical (unpaired) electrons. The topological polar surface area (TPSA) is 71.1 Å². The van der Waals surface area contributed by atoms with Crippen molar-refractivity contribution < 1.29 is 28.5 Å². The van der Waals surface area contributed by atoms with Crippen LogP contribution in [0.1, 0.15) is 77.2 Å². The monoisotopic (exact) mass is 518 g/mol. The zero-order chi connectivity index (χ0) is 27.2. The SMILES string of the molecule is C=C1COC(=O)c2c(ccc(CCC(C)C)c2OC)OC/C(OC(=O)CC(C)(C)C)=C(Cl)\C(C)=C/1C. The molecule has 1 aliphatic heterocycles. The Balaban J connectivity index is 2.59. The summed E-state index contributed by atoms with van der Waals surface area (Å²) >= 11 is 6.71. The molecule has 0 bridgehead atoms. The molecule has 0 amide bonds. The highest BCUT2D eigenvalue weighted by Crippen LogP contribution is 2.36. The van der Waals surface area contributed by atoms with Gasteiger partial charge in [0.25, 0.3) is 0 Å². The first-order valence-electron chi connectivity index (χ1n) is 12.2. The van der Waals surface area contributed by atoms with E-state index in [0.29, 0.717) is 22.8 Å². The van der Waals surface area contributed by atoms with Crippen molar-refractivity contribution in [1.82, 2.24) is 0 Å². The molecule has 0 N–H and O–H groups in total. The van der Waals surface area contributed by atoms with Gasteiger partial charge in [-0.1, -0.05) is 58.9 Å². The van der Waals surface area contributed by atoms with Crippen molar-refractivity contribution in [3.05, 3.63) is 57.3 Å². The van der Waals surface area contributed by atoms with E-state index in [1.54, 1.807) is 13.0 Å². The Morgan fingerprint density at radius 2 is 1.81 bits per heavy atom. The summed E-state index contributed by atoms with van der Waals surface area (Å²) in [6, 6.07) is 3.59. The average Bonchev–Trinajstić information content (AvgIpc) is 2.79. The third-order valence-electron chi connectivity index (χ3n) is 5.92. The summed E-state index contributed by atoms with van der Waals surface area (Å²) in [7, 11) is 1.52. The standard InChI is InChI=1S/C29H39ClO6/c1-17(2)10-11-21-12-13-22-25(27(21)33-9)28(32)35-15-18(3)19(4)20(5)26(30)23(16-34-22)36-24(31)14-29(6,7)8/h12-13,17H,3,10-11,14-16H2,1-2,4-9H3/b20-19-,26-23-. The maximum atomic E-state index is 13.2. The number of rotatable bonds is 6. The highest BCUT2D eigenvalue weighted by Gasteiger charge is 2.27. The zero-order valence-corrected chi connectivity index (χ0v) is 23.6. The maximum Gasteiger partial charge on any atom is 0.346 e. The largest absolute Gasteiger partial charge is 0.495 e. The van der Waals surface area contributed by atoms with Crippen molar-refractivity contribution in [3.8, 4) is 11.5 Å². The fraction of sp³-hybridized carbons (Fsp3) is 0.517. The van der Waals surface area contributed by atoms with Crippen molar-refractivity contribution >= 4 is 23.5 Å². The van der Waals surface area contributed by atoms with Crippen LogP contribution >= 0.6 is 11.6 Å². The summed E-state index contributed by atoms with van der Waals surface area (Å²) in [5.41, 5.74) is 2.77. The minimum absolute atomic E-state index is 0.0376. The van der Waals surface area contributed by atoms with Gasteiger partial charge in [0.05, 0.1) is 18.6 Å². The predicted molar refractivity (Wildman–Crippen MR) is 142 cm³/mol. The van der Waals surface area contributed by atoms with Crippen LogP contribution in [-0.2, 0) is 20.7 Å². The lowest BCUT2D eigenvalue weighted by molar-refractivity contribution is -0.142. The molecule has 1 aromatic carbocycles. The number of carbonyl (C=O) groups is 2. The molecule has 1 aromatic rings. The normalized spacial score (nSPS) is 19.6. The van der Waals surface area contributed by atoms with E-state index >= 15 is 0 Å². The Bertz CT molecular complexity index is 1070. The number of methoxy groups -OCH3 is 1. The molecular formula is C29H39ClO6. The Morgan fingerprint density at radius 3 is 2.39 bits per heavy atom. The molecule has 7 heteroatoms. The molecule has 1 heterocycles. The quantitative estimate of drug-likeness (QED) is 0.372.